The number of morpholine rings is 1. The molecule has 5 heteroatoms. The number of rotatable bonds is 9. The Labute approximate surface area is 179 Å². The average molecular weight is 415 g/mol. The van der Waals surface area contributed by atoms with E-state index in [1.54, 1.807) is 0 Å². The summed E-state index contributed by atoms with van der Waals surface area (Å²) in [6, 6.07) is 17.9. The molecule has 3 rings (SSSR count). The summed E-state index contributed by atoms with van der Waals surface area (Å²) in [6.07, 6.45) is 1.76. The van der Waals surface area contributed by atoms with Crippen molar-refractivity contribution in [3.63, 3.8) is 0 Å². The summed E-state index contributed by atoms with van der Waals surface area (Å²) in [4.78, 5) is 17.9. The molecule has 0 N–H and O–H groups in total. The lowest BCUT2D eigenvalue weighted by Crippen LogP contribution is -2.40. The highest BCUT2D eigenvalue weighted by Gasteiger charge is 2.24. The Kier molecular flexibility index (Phi) is 8.53. The monoisotopic (exact) mass is 414 g/mol. The first-order valence-corrected chi connectivity index (χ1v) is 10.9. The smallest absolute Gasteiger partial charge is 0.230 e. The zero-order valence-corrected chi connectivity index (χ0v) is 18.0. The highest BCUT2D eigenvalue weighted by Crippen LogP contribution is 2.23. The van der Waals surface area contributed by atoms with Gasteiger partial charge in [0.1, 0.15) is 0 Å². The molecular formula is C24H31ClN2O2. The molecular weight excluding hydrogens is 384 g/mol. The second kappa shape index (κ2) is 11.3. The van der Waals surface area contributed by atoms with Crippen LogP contribution >= 0.6 is 11.6 Å². The van der Waals surface area contributed by atoms with Gasteiger partial charge in [-0.3, -0.25) is 9.69 Å². The molecule has 4 nitrogen and oxygen atoms in total. The third-order valence-corrected chi connectivity index (χ3v) is 5.76. The van der Waals surface area contributed by atoms with Gasteiger partial charge in [-0.1, -0.05) is 61.0 Å². The summed E-state index contributed by atoms with van der Waals surface area (Å²) in [5.74, 6) is 0.0996. The third-order valence-electron chi connectivity index (χ3n) is 5.51. The third kappa shape index (κ3) is 6.56. The fourth-order valence-corrected chi connectivity index (χ4v) is 3.97. The fraction of sp³-hybridized carbons (Fsp3) is 0.458. The van der Waals surface area contributed by atoms with Gasteiger partial charge in [-0.2, -0.15) is 0 Å². The summed E-state index contributed by atoms with van der Waals surface area (Å²) < 4.78 is 5.43. The quantitative estimate of drug-likeness (QED) is 0.601. The van der Waals surface area contributed by atoms with Crippen LogP contribution in [0.5, 0.6) is 0 Å². The first kappa shape index (κ1) is 21.8. The van der Waals surface area contributed by atoms with E-state index in [0.717, 1.165) is 68.4 Å². The topological polar surface area (TPSA) is 32.8 Å². The molecule has 1 saturated heterocycles. The van der Waals surface area contributed by atoms with Crippen LogP contribution in [-0.4, -0.2) is 55.1 Å². The van der Waals surface area contributed by atoms with Crippen LogP contribution < -0.4 is 0 Å². The second-order valence-corrected chi connectivity index (χ2v) is 8.00. The number of nitrogens with zero attached hydrogens (tertiary/aromatic N) is 2. The number of carbonyl (C=O) groups excluding carboxylic acids is 1. The van der Waals surface area contributed by atoms with Crippen LogP contribution in [0, 0.1) is 0 Å². The van der Waals surface area contributed by atoms with Gasteiger partial charge in [0, 0.05) is 37.7 Å². The molecule has 0 radical (unpaired) electrons. The van der Waals surface area contributed by atoms with E-state index in [0.29, 0.717) is 6.54 Å². The molecule has 0 saturated carbocycles. The van der Waals surface area contributed by atoms with Gasteiger partial charge in [0.2, 0.25) is 5.91 Å². The molecule has 0 bridgehead atoms. The van der Waals surface area contributed by atoms with E-state index in [2.05, 4.69) is 24.0 Å². The lowest BCUT2D eigenvalue weighted by Gasteiger charge is -2.30. The van der Waals surface area contributed by atoms with Crippen LogP contribution in [0.25, 0.3) is 0 Å². The van der Waals surface area contributed by atoms with Crippen molar-refractivity contribution in [2.75, 3.05) is 39.4 Å². The summed E-state index contributed by atoms with van der Waals surface area (Å²) in [5.41, 5.74) is 2.20. The van der Waals surface area contributed by atoms with E-state index in [9.17, 15) is 4.79 Å². The normalized spacial score (nSPS) is 15.8. The molecule has 29 heavy (non-hydrogen) atoms. The summed E-state index contributed by atoms with van der Waals surface area (Å²) in [6.45, 7) is 8.02. The molecule has 1 fully saturated rings. The van der Waals surface area contributed by atoms with Crippen LogP contribution in [0.15, 0.2) is 54.6 Å². The van der Waals surface area contributed by atoms with E-state index >= 15 is 0 Å². The fourth-order valence-electron chi connectivity index (χ4n) is 3.85. The van der Waals surface area contributed by atoms with Crippen LogP contribution in [0.3, 0.4) is 0 Å². The van der Waals surface area contributed by atoms with Crippen LogP contribution in [-0.2, 0) is 16.1 Å². The maximum Gasteiger partial charge on any atom is 0.230 e. The van der Waals surface area contributed by atoms with Crippen molar-refractivity contribution in [3.8, 4) is 0 Å². The standard InChI is InChI=1S/C24H31ClN2O2/c1-2-23(21-7-4-3-5-8-21)24(28)27(19-20-9-11-22(25)12-10-20)14-6-13-26-15-17-29-18-16-26/h3-5,7-12,23H,2,6,13-19H2,1H3. The van der Waals surface area contributed by atoms with Gasteiger partial charge in [0.05, 0.1) is 19.1 Å². The molecule has 0 aliphatic carbocycles. The molecule has 2 aromatic rings. The Bertz CT molecular complexity index is 745. The number of hydrogen-bond donors (Lipinski definition) is 0. The van der Waals surface area contributed by atoms with Gasteiger partial charge in [0.25, 0.3) is 0 Å². The maximum atomic E-state index is 13.5. The van der Waals surface area contributed by atoms with Gasteiger partial charge in [-0.05, 0) is 36.1 Å². The highest BCUT2D eigenvalue weighted by atomic mass is 35.5. The number of hydrogen-bond acceptors (Lipinski definition) is 3. The first-order valence-electron chi connectivity index (χ1n) is 10.6. The summed E-state index contributed by atoms with van der Waals surface area (Å²) in [5, 5.41) is 0.717. The minimum Gasteiger partial charge on any atom is -0.379 e. The minimum absolute atomic E-state index is 0.105. The van der Waals surface area contributed by atoms with Crippen LogP contribution in [0.4, 0.5) is 0 Å². The zero-order chi connectivity index (χ0) is 20.5. The van der Waals surface area contributed by atoms with Crippen molar-refractivity contribution in [1.82, 2.24) is 9.80 Å². The van der Waals surface area contributed by atoms with Crippen molar-refractivity contribution in [2.24, 2.45) is 0 Å². The summed E-state index contributed by atoms with van der Waals surface area (Å²) in [7, 11) is 0. The Balaban J connectivity index is 1.69. The Hall–Kier alpha value is -1.88. The second-order valence-electron chi connectivity index (χ2n) is 7.57. The lowest BCUT2D eigenvalue weighted by molar-refractivity contribution is -0.133. The number of ether oxygens (including phenoxy) is 1. The molecule has 1 unspecified atom stereocenters. The van der Waals surface area contributed by atoms with Crippen molar-refractivity contribution < 1.29 is 9.53 Å². The number of carbonyl (C=O) groups is 1. The highest BCUT2D eigenvalue weighted by molar-refractivity contribution is 6.30. The Morgan fingerprint density at radius 1 is 1.10 bits per heavy atom. The van der Waals surface area contributed by atoms with Gasteiger partial charge in [-0.15, -0.1) is 0 Å². The van der Waals surface area contributed by atoms with E-state index in [1.807, 2.05) is 47.4 Å². The molecule has 0 aromatic heterocycles. The number of amides is 1. The predicted octanol–water partition coefficient (Wildman–Crippen LogP) is 4.58. The van der Waals surface area contributed by atoms with E-state index in [-0.39, 0.29) is 11.8 Å². The molecule has 1 heterocycles. The van der Waals surface area contributed by atoms with Crippen molar-refractivity contribution >= 4 is 17.5 Å². The van der Waals surface area contributed by atoms with Gasteiger partial charge in [-0.25, -0.2) is 0 Å². The SMILES string of the molecule is CCC(C(=O)N(CCCN1CCOCC1)Cc1ccc(Cl)cc1)c1ccccc1. The molecule has 1 aliphatic heterocycles. The van der Waals surface area contributed by atoms with Crippen molar-refractivity contribution in [1.29, 1.82) is 0 Å². The number of benzene rings is 2. The number of halogens is 1. The molecule has 2 aromatic carbocycles. The van der Waals surface area contributed by atoms with E-state index in [1.165, 1.54) is 0 Å². The molecule has 1 atom stereocenters. The molecule has 1 amide bonds. The van der Waals surface area contributed by atoms with E-state index < -0.39 is 0 Å². The maximum absolute atomic E-state index is 13.5. The van der Waals surface area contributed by atoms with Gasteiger partial charge >= 0.3 is 0 Å². The van der Waals surface area contributed by atoms with E-state index in [4.69, 9.17) is 16.3 Å². The van der Waals surface area contributed by atoms with Gasteiger partial charge < -0.3 is 9.64 Å². The van der Waals surface area contributed by atoms with Crippen molar-refractivity contribution in [2.45, 2.75) is 32.2 Å². The molecule has 156 valence electrons. The zero-order valence-electron chi connectivity index (χ0n) is 17.2. The van der Waals surface area contributed by atoms with Crippen molar-refractivity contribution in [3.05, 3.63) is 70.7 Å². The molecule has 0 spiro atoms. The summed E-state index contributed by atoms with van der Waals surface area (Å²) >= 11 is 6.04. The first-order chi connectivity index (χ1) is 14.2. The Morgan fingerprint density at radius 3 is 2.45 bits per heavy atom. The largest absolute Gasteiger partial charge is 0.379 e. The van der Waals surface area contributed by atoms with Crippen LogP contribution in [0.1, 0.15) is 36.8 Å². The average Bonchev–Trinajstić information content (AvgIpc) is 2.76. The molecule has 1 aliphatic rings. The van der Waals surface area contributed by atoms with Crippen LogP contribution in [0.2, 0.25) is 5.02 Å². The lowest BCUT2D eigenvalue weighted by atomic mass is 9.94. The minimum atomic E-state index is -0.105. The predicted molar refractivity (Wildman–Crippen MR) is 118 cm³/mol. The van der Waals surface area contributed by atoms with Gasteiger partial charge in [0.15, 0.2) is 0 Å². The Morgan fingerprint density at radius 2 is 1.79 bits per heavy atom.